The van der Waals surface area contributed by atoms with E-state index in [4.69, 9.17) is 4.74 Å². The molecular weight excluding hydrogens is 342 g/mol. The fourth-order valence-corrected chi connectivity index (χ4v) is 2.46. The highest BCUT2D eigenvalue weighted by molar-refractivity contribution is 6.05. The summed E-state index contributed by atoms with van der Waals surface area (Å²) in [5.74, 6) is 0.482. The smallest absolute Gasteiger partial charge is 0.337 e. The molecule has 5 nitrogen and oxygen atoms in total. The number of amides is 1. The van der Waals surface area contributed by atoms with E-state index < -0.39 is 5.97 Å². The van der Waals surface area contributed by atoms with Crippen molar-refractivity contribution in [2.45, 2.75) is 6.92 Å². The molecule has 0 atom stereocenters. The summed E-state index contributed by atoms with van der Waals surface area (Å²) in [6.45, 7) is 2.00. The second-order valence-electron chi connectivity index (χ2n) is 5.93. The van der Waals surface area contributed by atoms with Crippen LogP contribution in [0.5, 0.6) is 11.5 Å². The Morgan fingerprint density at radius 3 is 2.11 bits per heavy atom. The topological polar surface area (TPSA) is 64.6 Å². The average Bonchev–Trinajstić information content (AvgIpc) is 2.70. The minimum Gasteiger partial charge on any atom is -0.465 e. The molecule has 0 bridgehead atoms. The van der Waals surface area contributed by atoms with Crippen LogP contribution in [0.25, 0.3) is 0 Å². The first-order valence-electron chi connectivity index (χ1n) is 8.40. The SMILES string of the molecule is COC(=O)c1ccc(C(=O)Nc2ccccc2Oc2ccc(C)cc2)cc1. The van der Waals surface area contributed by atoms with E-state index in [1.807, 2.05) is 43.3 Å². The quantitative estimate of drug-likeness (QED) is 0.661. The van der Waals surface area contributed by atoms with Gasteiger partial charge in [0.2, 0.25) is 0 Å². The fourth-order valence-electron chi connectivity index (χ4n) is 2.46. The molecule has 136 valence electrons. The van der Waals surface area contributed by atoms with Crippen LogP contribution >= 0.6 is 0 Å². The van der Waals surface area contributed by atoms with Crippen molar-refractivity contribution in [3.63, 3.8) is 0 Å². The van der Waals surface area contributed by atoms with Gasteiger partial charge in [-0.25, -0.2) is 4.79 Å². The van der Waals surface area contributed by atoms with Gasteiger partial charge in [0.15, 0.2) is 5.75 Å². The highest BCUT2D eigenvalue weighted by Crippen LogP contribution is 2.29. The van der Waals surface area contributed by atoms with Crippen LogP contribution in [0.15, 0.2) is 72.8 Å². The molecule has 27 heavy (non-hydrogen) atoms. The number of carbonyl (C=O) groups excluding carboxylic acids is 2. The van der Waals surface area contributed by atoms with Crippen molar-refractivity contribution in [3.05, 3.63) is 89.5 Å². The zero-order chi connectivity index (χ0) is 19.2. The predicted molar refractivity (Wildman–Crippen MR) is 103 cm³/mol. The number of esters is 1. The van der Waals surface area contributed by atoms with Crippen molar-refractivity contribution in [1.82, 2.24) is 0 Å². The molecule has 1 amide bonds. The maximum atomic E-state index is 12.5. The molecule has 0 saturated carbocycles. The van der Waals surface area contributed by atoms with Gasteiger partial charge in [-0.15, -0.1) is 0 Å². The van der Waals surface area contributed by atoms with Gasteiger partial charge >= 0.3 is 5.97 Å². The fraction of sp³-hybridized carbons (Fsp3) is 0.0909. The van der Waals surface area contributed by atoms with Gasteiger partial charge in [-0.3, -0.25) is 4.79 Å². The van der Waals surface area contributed by atoms with Crippen molar-refractivity contribution in [1.29, 1.82) is 0 Å². The first kappa shape index (κ1) is 18.2. The van der Waals surface area contributed by atoms with Gasteiger partial charge < -0.3 is 14.8 Å². The molecule has 0 fully saturated rings. The number of anilines is 1. The minimum absolute atomic E-state index is 0.300. The number of nitrogens with one attached hydrogen (secondary N) is 1. The van der Waals surface area contributed by atoms with Gasteiger partial charge in [0.05, 0.1) is 18.4 Å². The average molecular weight is 361 g/mol. The Morgan fingerprint density at radius 2 is 1.44 bits per heavy atom. The first-order valence-corrected chi connectivity index (χ1v) is 8.40. The third-order valence-corrected chi connectivity index (χ3v) is 3.95. The van der Waals surface area contributed by atoms with E-state index in [1.54, 1.807) is 36.4 Å². The van der Waals surface area contributed by atoms with Crippen LogP contribution in [-0.2, 0) is 4.74 Å². The van der Waals surface area contributed by atoms with Gasteiger partial charge in [0.25, 0.3) is 5.91 Å². The molecule has 0 radical (unpaired) electrons. The van der Waals surface area contributed by atoms with E-state index in [0.717, 1.165) is 5.56 Å². The Morgan fingerprint density at radius 1 is 0.815 bits per heavy atom. The molecule has 1 N–H and O–H groups in total. The van der Waals surface area contributed by atoms with Crippen molar-refractivity contribution >= 4 is 17.6 Å². The standard InChI is InChI=1S/C22H19NO4/c1-15-7-13-18(14-8-15)27-20-6-4-3-5-19(20)23-21(24)16-9-11-17(12-10-16)22(25)26-2/h3-14H,1-2H3,(H,23,24). The predicted octanol–water partition coefficient (Wildman–Crippen LogP) is 4.83. The Hall–Kier alpha value is -3.60. The highest BCUT2D eigenvalue weighted by atomic mass is 16.5. The lowest BCUT2D eigenvalue weighted by molar-refractivity contribution is 0.0600. The van der Waals surface area contributed by atoms with Crippen LogP contribution in [0.4, 0.5) is 5.69 Å². The molecule has 3 aromatic carbocycles. The number of ether oxygens (including phenoxy) is 2. The van der Waals surface area contributed by atoms with Crippen LogP contribution in [0.1, 0.15) is 26.3 Å². The summed E-state index contributed by atoms with van der Waals surface area (Å²) in [6, 6.07) is 21.1. The highest BCUT2D eigenvalue weighted by Gasteiger charge is 2.12. The molecule has 0 saturated heterocycles. The normalized spacial score (nSPS) is 10.1. The summed E-state index contributed by atoms with van der Waals surface area (Å²) < 4.78 is 10.5. The third-order valence-electron chi connectivity index (χ3n) is 3.95. The lowest BCUT2D eigenvalue weighted by Gasteiger charge is -2.12. The summed E-state index contributed by atoms with van der Waals surface area (Å²) in [4.78, 5) is 24.0. The number of para-hydroxylation sites is 2. The number of rotatable bonds is 5. The Labute approximate surface area is 157 Å². The number of hydrogen-bond acceptors (Lipinski definition) is 4. The van der Waals surface area contributed by atoms with Gasteiger partial charge in [0, 0.05) is 5.56 Å². The lowest BCUT2D eigenvalue weighted by Crippen LogP contribution is -2.13. The monoisotopic (exact) mass is 361 g/mol. The molecule has 0 aliphatic heterocycles. The minimum atomic E-state index is -0.446. The molecule has 5 heteroatoms. The third kappa shape index (κ3) is 4.52. The van der Waals surface area contributed by atoms with Gasteiger partial charge in [-0.05, 0) is 55.5 Å². The summed E-state index contributed by atoms with van der Waals surface area (Å²) in [5, 5.41) is 2.84. The number of hydrogen-bond donors (Lipinski definition) is 1. The van der Waals surface area contributed by atoms with Crippen LogP contribution < -0.4 is 10.1 Å². The molecule has 3 aromatic rings. The first-order chi connectivity index (χ1) is 13.1. The van der Waals surface area contributed by atoms with Gasteiger partial charge in [-0.2, -0.15) is 0 Å². The number of benzene rings is 3. The van der Waals surface area contributed by atoms with Crippen LogP contribution in [0.2, 0.25) is 0 Å². The summed E-state index contributed by atoms with van der Waals surface area (Å²) in [6.07, 6.45) is 0. The van der Waals surface area contributed by atoms with Gasteiger partial charge in [0.1, 0.15) is 5.75 Å². The van der Waals surface area contributed by atoms with E-state index in [1.165, 1.54) is 7.11 Å². The van der Waals surface area contributed by atoms with Crippen LogP contribution in [0.3, 0.4) is 0 Å². The van der Waals surface area contributed by atoms with Crippen LogP contribution in [0, 0.1) is 6.92 Å². The number of aryl methyl sites for hydroxylation is 1. The summed E-state index contributed by atoms with van der Waals surface area (Å²) in [7, 11) is 1.31. The second kappa shape index (κ2) is 8.19. The van der Waals surface area contributed by atoms with Crippen molar-refractivity contribution < 1.29 is 19.1 Å². The molecule has 0 heterocycles. The zero-order valence-corrected chi connectivity index (χ0v) is 15.1. The lowest BCUT2D eigenvalue weighted by atomic mass is 10.1. The molecular formula is C22H19NO4. The van der Waals surface area contributed by atoms with E-state index in [-0.39, 0.29) is 5.91 Å². The summed E-state index contributed by atoms with van der Waals surface area (Å²) in [5.41, 5.74) is 2.50. The van der Waals surface area contributed by atoms with Crippen molar-refractivity contribution in [2.75, 3.05) is 12.4 Å². The summed E-state index contributed by atoms with van der Waals surface area (Å²) >= 11 is 0. The molecule has 0 spiro atoms. The van der Waals surface area contributed by atoms with Crippen LogP contribution in [-0.4, -0.2) is 19.0 Å². The number of methoxy groups -OCH3 is 1. The maximum Gasteiger partial charge on any atom is 0.337 e. The largest absolute Gasteiger partial charge is 0.465 e. The zero-order valence-electron chi connectivity index (χ0n) is 15.1. The Balaban J connectivity index is 1.76. The molecule has 0 aliphatic rings. The Bertz CT molecular complexity index is 947. The Kier molecular flexibility index (Phi) is 5.52. The van der Waals surface area contributed by atoms with Gasteiger partial charge in [-0.1, -0.05) is 29.8 Å². The van der Waals surface area contributed by atoms with Crippen molar-refractivity contribution in [2.24, 2.45) is 0 Å². The molecule has 0 unspecified atom stereocenters. The second-order valence-corrected chi connectivity index (χ2v) is 5.93. The van der Waals surface area contributed by atoms with E-state index in [2.05, 4.69) is 10.1 Å². The molecule has 0 aromatic heterocycles. The van der Waals surface area contributed by atoms with E-state index in [0.29, 0.717) is 28.3 Å². The van der Waals surface area contributed by atoms with E-state index in [9.17, 15) is 9.59 Å². The van der Waals surface area contributed by atoms with E-state index >= 15 is 0 Å². The van der Waals surface area contributed by atoms with Crippen molar-refractivity contribution in [3.8, 4) is 11.5 Å². The maximum absolute atomic E-state index is 12.5. The number of carbonyl (C=O) groups is 2. The molecule has 0 aliphatic carbocycles. The molecule has 3 rings (SSSR count).